The van der Waals surface area contributed by atoms with Crippen molar-refractivity contribution in [1.29, 1.82) is 0 Å². The highest BCUT2D eigenvalue weighted by atomic mass is 16.6. The highest BCUT2D eigenvalue weighted by molar-refractivity contribution is 5.92. The largest absolute Gasteiger partial charge is 0.481 e. The highest BCUT2D eigenvalue weighted by Gasteiger charge is 2.59. The number of anilines is 1. The molecule has 41 heavy (non-hydrogen) atoms. The molecule has 2 N–H and O–H groups in total. The van der Waals surface area contributed by atoms with E-state index in [9.17, 15) is 30.1 Å². The number of carbonyl (C=O) groups is 1. The molecule has 3 aliphatic carbocycles. The first-order chi connectivity index (χ1) is 19.3. The second-order valence-corrected chi connectivity index (χ2v) is 13.8. The maximum Gasteiger partial charge on any atom is 0.303 e. The number of aliphatic carboxylic acids is 1. The summed E-state index contributed by atoms with van der Waals surface area (Å²) >= 11 is 0. The number of fused-ring (bicyclic) bond motifs is 3. The number of nitro benzene ring substituents is 2. The van der Waals surface area contributed by atoms with Crippen molar-refractivity contribution in [3.63, 3.8) is 0 Å². The van der Waals surface area contributed by atoms with Gasteiger partial charge in [-0.15, -0.1) is 0 Å². The molecule has 10 nitrogen and oxygen atoms in total. The number of hydrazone groups is 1. The third-order valence-electron chi connectivity index (χ3n) is 11.1. The van der Waals surface area contributed by atoms with Gasteiger partial charge in [-0.1, -0.05) is 47.5 Å². The number of non-ortho nitro benzene ring substituents is 1. The van der Waals surface area contributed by atoms with E-state index in [0.717, 1.165) is 37.0 Å². The van der Waals surface area contributed by atoms with Crippen molar-refractivity contribution < 1.29 is 19.7 Å². The Morgan fingerprint density at radius 3 is 2.44 bits per heavy atom. The zero-order chi connectivity index (χ0) is 30.1. The average molecular weight is 571 g/mol. The van der Waals surface area contributed by atoms with Crippen LogP contribution in [0.1, 0.15) is 98.8 Å². The molecular weight excluding hydrogens is 524 g/mol. The molecular formula is C31H46N4O6. The number of benzene rings is 1. The van der Waals surface area contributed by atoms with Gasteiger partial charge in [0.15, 0.2) is 0 Å². The third kappa shape index (κ3) is 6.11. The first-order valence-electron chi connectivity index (χ1n) is 15.3. The summed E-state index contributed by atoms with van der Waals surface area (Å²) in [5.41, 5.74) is 2.85. The smallest absolute Gasteiger partial charge is 0.303 e. The Morgan fingerprint density at radius 1 is 1.07 bits per heavy atom. The maximum atomic E-state index is 11.7. The minimum Gasteiger partial charge on any atom is -0.481 e. The molecule has 4 rings (SSSR count). The minimum atomic E-state index is -0.841. The van der Waals surface area contributed by atoms with Gasteiger partial charge in [0.1, 0.15) is 5.69 Å². The third-order valence-corrected chi connectivity index (χ3v) is 11.1. The summed E-state index contributed by atoms with van der Waals surface area (Å²) in [6.07, 6.45) is 9.35. The molecule has 10 heteroatoms. The zero-order valence-corrected chi connectivity index (χ0v) is 25.1. The topological polar surface area (TPSA) is 148 Å². The molecule has 0 radical (unpaired) electrons. The fraction of sp³-hybridized carbons (Fsp3) is 0.742. The van der Waals surface area contributed by atoms with Crippen molar-refractivity contribution in [3.05, 3.63) is 38.4 Å². The van der Waals surface area contributed by atoms with Crippen molar-refractivity contribution in [2.75, 3.05) is 5.43 Å². The number of hydrogen-bond donors (Lipinski definition) is 2. The van der Waals surface area contributed by atoms with Gasteiger partial charge in [-0.2, -0.15) is 5.10 Å². The van der Waals surface area contributed by atoms with Crippen LogP contribution in [0.4, 0.5) is 17.1 Å². The van der Waals surface area contributed by atoms with E-state index in [4.69, 9.17) is 0 Å². The molecule has 3 aliphatic rings. The lowest BCUT2D eigenvalue weighted by Gasteiger charge is -2.57. The predicted octanol–water partition coefficient (Wildman–Crippen LogP) is 8.07. The average Bonchev–Trinajstić information content (AvgIpc) is 3.27. The van der Waals surface area contributed by atoms with E-state index in [1.807, 2.05) is 0 Å². The number of carboxylic acids is 1. The number of rotatable bonds is 11. The van der Waals surface area contributed by atoms with Crippen LogP contribution in [0.2, 0.25) is 0 Å². The Kier molecular flexibility index (Phi) is 9.09. The summed E-state index contributed by atoms with van der Waals surface area (Å²) in [4.78, 5) is 33.2. The van der Waals surface area contributed by atoms with Crippen LogP contribution in [0.15, 0.2) is 23.3 Å². The molecule has 0 aromatic heterocycles. The second-order valence-electron chi connectivity index (χ2n) is 13.8. The molecule has 7 atom stereocenters. The van der Waals surface area contributed by atoms with Gasteiger partial charge in [0, 0.05) is 23.6 Å². The van der Waals surface area contributed by atoms with Gasteiger partial charge in [-0.05, 0) is 91.9 Å². The number of hydrogen-bond acceptors (Lipinski definition) is 7. The SMILES string of the molecule is CC(C)CCC(C)C1CCC2C3CCC(=NNc4ccc([N+](=O)[O-])cc4[N+](=O)[O-])C(C)(CCC(=O)O)C3CCC12C. The lowest BCUT2D eigenvalue weighted by molar-refractivity contribution is -0.393. The van der Waals surface area contributed by atoms with E-state index in [1.165, 1.54) is 37.8 Å². The predicted molar refractivity (Wildman–Crippen MR) is 159 cm³/mol. The van der Waals surface area contributed by atoms with Gasteiger partial charge in [0.2, 0.25) is 0 Å². The fourth-order valence-corrected chi connectivity index (χ4v) is 8.94. The van der Waals surface area contributed by atoms with Crippen LogP contribution in [0.3, 0.4) is 0 Å². The summed E-state index contributed by atoms with van der Waals surface area (Å²) in [5.74, 6) is 2.70. The fourth-order valence-electron chi connectivity index (χ4n) is 8.94. The Balaban J connectivity index is 1.61. The summed E-state index contributed by atoms with van der Waals surface area (Å²) in [6, 6.07) is 3.46. The summed E-state index contributed by atoms with van der Waals surface area (Å²) in [7, 11) is 0. The Bertz CT molecular complexity index is 1200. The molecule has 0 heterocycles. The molecule has 0 bridgehead atoms. The molecule has 7 unspecified atom stereocenters. The maximum absolute atomic E-state index is 11.7. The van der Waals surface area contributed by atoms with Crippen molar-refractivity contribution in [1.82, 2.24) is 0 Å². The summed E-state index contributed by atoms with van der Waals surface area (Å²) in [5, 5.41) is 37.1. The molecule has 1 aromatic carbocycles. The highest BCUT2D eigenvalue weighted by Crippen LogP contribution is 2.66. The Labute approximate surface area is 242 Å². The molecule has 0 saturated heterocycles. The molecule has 3 fully saturated rings. The second kappa shape index (κ2) is 12.1. The van der Waals surface area contributed by atoms with Gasteiger partial charge in [-0.25, -0.2) is 0 Å². The van der Waals surface area contributed by atoms with Gasteiger partial charge >= 0.3 is 11.7 Å². The van der Waals surface area contributed by atoms with Gasteiger partial charge in [0.05, 0.1) is 15.9 Å². The van der Waals surface area contributed by atoms with Crippen LogP contribution in [-0.2, 0) is 4.79 Å². The molecule has 0 aliphatic heterocycles. The van der Waals surface area contributed by atoms with E-state index in [2.05, 4.69) is 45.1 Å². The number of nitro groups is 2. The van der Waals surface area contributed by atoms with E-state index in [-0.39, 0.29) is 17.8 Å². The summed E-state index contributed by atoms with van der Waals surface area (Å²) in [6.45, 7) is 11.7. The molecule has 3 saturated carbocycles. The first kappa shape index (κ1) is 30.9. The van der Waals surface area contributed by atoms with Crippen LogP contribution in [0.25, 0.3) is 0 Å². The van der Waals surface area contributed by atoms with Crippen molar-refractivity contribution in [2.24, 2.45) is 51.4 Å². The van der Waals surface area contributed by atoms with Crippen LogP contribution < -0.4 is 5.43 Å². The molecule has 1 aromatic rings. The van der Waals surface area contributed by atoms with Gasteiger partial charge < -0.3 is 5.11 Å². The Morgan fingerprint density at radius 2 is 1.80 bits per heavy atom. The van der Waals surface area contributed by atoms with Crippen molar-refractivity contribution in [3.8, 4) is 0 Å². The lowest BCUT2D eigenvalue weighted by Crippen LogP contribution is -2.53. The number of nitrogens with zero attached hydrogens (tertiary/aromatic N) is 3. The van der Waals surface area contributed by atoms with Crippen LogP contribution >= 0.6 is 0 Å². The standard InChI is InChI=1S/C31H46N4O6/c1-19(2)6-7-20(3)23-10-11-24-22-9-13-28(31(5,17-15-29(36)37)25(22)14-16-30(23,24)4)33-32-26-12-8-21(34(38)39)18-27(26)35(40)41/h8,12,18-20,22-25,32H,6-7,9-11,13-17H2,1-5H3,(H,36,37). The first-order valence-corrected chi connectivity index (χ1v) is 15.3. The number of nitrogens with one attached hydrogen (secondary N) is 1. The monoisotopic (exact) mass is 570 g/mol. The quantitative estimate of drug-likeness (QED) is 0.202. The lowest BCUT2D eigenvalue weighted by atomic mass is 9.47. The van der Waals surface area contributed by atoms with E-state index in [1.54, 1.807) is 0 Å². The molecule has 226 valence electrons. The van der Waals surface area contributed by atoms with E-state index < -0.39 is 26.9 Å². The summed E-state index contributed by atoms with van der Waals surface area (Å²) < 4.78 is 0. The van der Waals surface area contributed by atoms with Crippen molar-refractivity contribution >= 4 is 28.7 Å². The van der Waals surface area contributed by atoms with E-state index >= 15 is 0 Å². The molecule has 0 spiro atoms. The van der Waals surface area contributed by atoms with Crippen LogP contribution in [0, 0.1) is 66.6 Å². The Hall–Kier alpha value is -3.04. The van der Waals surface area contributed by atoms with Gasteiger partial charge in [-0.3, -0.25) is 30.4 Å². The van der Waals surface area contributed by atoms with Crippen LogP contribution in [-0.4, -0.2) is 26.6 Å². The van der Waals surface area contributed by atoms with Crippen molar-refractivity contribution in [2.45, 2.75) is 98.8 Å². The minimum absolute atomic E-state index is 0.0349. The number of carboxylic acid groups (broad SMARTS) is 1. The van der Waals surface area contributed by atoms with Crippen LogP contribution in [0.5, 0.6) is 0 Å². The van der Waals surface area contributed by atoms with Gasteiger partial charge in [0.25, 0.3) is 5.69 Å². The zero-order valence-electron chi connectivity index (χ0n) is 25.1. The molecule has 0 amide bonds. The normalized spacial score (nSPS) is 32.8. The van der Waals surface area contributed by atoms with E-state index in [0.29, 0.717) is 47.8 Å².